The normalized spacial score (nSPS) is 10.9. The lowest BCUT2D eigenvalue weighted by Gasteiger charge is -2.05. The summed E-state index contributed by atoms with van der Waals surface area (Å²) < 4.78 is 3.07. The van der Waals surface area contributed by atoms with Gasteiger partial charge in [0.25, 0.3) is 0 Å². The van der Waals surface area contributed by atoms with Crippen LogP contribution in [0.4, 0.5) is 5.95 Å². The SMILES string of the molecule is Cc1c(Cl)cnn1CC(=O)Nc1ncn(Cc2ccc(Cl)cc2Cl)n1. The highest BCUT2D eigenvalue weighted by atomic mass is 35.5. The van der Waals surface area contributed by atoms with Gasteiger partial charge in [-0.15, -0.1) is 5.10 Å². The molecule has 1 amide bonds. The van der Waals surface area contributed by atoms with Gasteiger partial charge < -0.3 is 0 Å². The molecule has 130 valence electrons. The number of anilines is 1. The van der Waals surface area contributed by atoms with Crippen molar-refractivity contribution >= 4 is 46.7 Å². The van der Waals surface area contributed by atoms with E-state index in [1.165, 1.54) is 17.2 Å². The molecule has 0 spiro atoms. The molecule has 3 rings (SSSR count). The van der Waals surface area contributed by atoms with Crippen LogP contribution < -0.4 is 5.32 Å². The molecule has 0 bridgehead atoms. The first-order valence-corrected chi connectivity index (χ1v) is 8.37. The van der Waals surface area contributed by atoms with Crippen LogP contribution in [-0.4, -0.2) is 30.5 Å². The third-order valence-corrected chi connectivity index (χ3v) is 4.43. The number of amides is 1. The maximum Gasteiger partial charge on any atom is 0.248 e. The van der Waals surface area contributed by atoms with Crippen molar-refractivity contribution in [3.63, 3.8) is 0 Å². The summed E-state index contributed by atoms with van der Waals surface area (Å²) in [5, 5.41) is 12.5. The molecule has 0 aliphatic carbocycles. The molecule has 0 aliphatic rings. The van der Waals surface area contributed by atoms with Gasteiger partial charge >= 0.3 is 0 Å². The molecule has 1 aromatic carbocycles. The standard InChI is InChI=1S/C15H13Cl3N6O/c1-9-13(18)5-20-24(9)7-14(25)21-15-19-8-23(22-15)6-10-2-3-11(16)4-12(10)17/h2-5,8H,6-7H2,1H3,(H,21,22,25). The fourth-order valence-corrected chi connectivity index (χ4v) is 2.75. The van der Waals surface area contributed by atoms with E-state index < -0.39 is 0 Å². The van der Waals surface area contributed by atoms with Crippen LogP contribution in [0.3, 0.4) is 0 Å². The van der Waals surface area contributed by atoms with Gasteiger partial charge in [0, 0.05) is 10.0 Å². The summed E-state index contributed by atoms with van der Waals surface area (Å²) in [6, 6.07) is 5.23. The van der Waals surface area contributed by atoms with E-state index in [0.29, 0.717) is 27.3 Å². The monoisotopic (exact) mass is 398 g/mol. The Hall–Kier alpha value is -2.09. The number of carbonyl (C=O) groups is 1. The van der Waals surface area contributed by atoms with E-state index in [0.717, 1.165) is 5.56 Å². The van der Waals surface area contributed by atoms with Crippen LogP contribution >= 0.6 is 34.8 Å². The lowest BCUT2D eigenvalue weighted by Crippen LogP contribution is -2.21. The zero-order valence-corrected chi connectivity index (χ0v) is 15.3. The van der Waals surface area contributed by atoms with E-state index in [4.69, 9.17) is 34.8 Å². The molecule has 0 saturated carbocycles. The van der Waals surface area contributed by atoms with Crippen molar-refractivity contribution < 1.29 is 4.79 Å². The number of aromatic nitrogens is 5. The highest BCUT2D eigenvalue weighted by Gasteiger charge is 2.11. The van der Waals surface area contributed by atoms with Crippen molar-refractivity contribution in [2.24, 2.45) is 0 Å². The summed E-state index contributed by atoms with van der Waals surface area (Å²) in [5.41, 5.74) is 1.56. The topological polar surface area (TPSA) is 77.6 Å². The van der Waals surface area contributed by atoms with Crippen LogP contribution in [0.15, 0.2) is 30.7 Å². The number of hydrogen-bond acceptors (Lipinski definition) is 4. The molecule has 0 atom stereocenters. The average molecular weight is 400 g/mol. The van der Waals surface area contributed by atoms with Crippen molar-refractivity contribution in [1.82, 2.24) is 24.5 Å². The van der Waals surface area contributed by atoms with E-state index in [2.05, 4.69) is 20.5 Å². The minimum absolute atomic E-state index is 0.0239. The van der Waals surface area contributed by atoms with Crippen LogP contribution in [0.2, 0.25) is 15.1 Å². The Bertz CT molecular complexity index is 920. The van der Waals surface area contributed by atoms with E-state index >= 15 is 0 Å². The van der Waals surface area contributed by atoms with Crippen LogP contribution in [0.1, 0.15) is 11.3 Å². The maximum absolute atomic E-state index is 12.1. The van der Waals surface area contributed by atoms with Crippen LogP contribution in [0.5, 0.6) is 0 Å². The predicted octanol–water partition coefficient (Wildman–Crippen LogP) is 3.43. The summed E-state index contributed by atoms with van der Waals surface area (Å²) in [5.74, 6) is -0.101. The van der Waals surface area contributed by atoms with Gasteiger partial charge in [-0.05, 0) is 24.6 Å². The quantitative estimate of drug-likeness (QED) is 0.713. The number of nitrogens with one attached hydrogen (secondary N) is 1. The second-order valence-corrected chi connectivity index (χ2v) is 6.54. The highest BCUT2D eigenvalue weighted by Crippen LogP contribution is 2.21. The third-order valence-electron chi connectivity index (χ3n) is 3.47. The van der Waals surface area contributed by atoms with Gasteiger partial charge in [0.2, 0.25) is 11.9 Å². The van der Waals surface area contributed by atoms with Crippen molar-refractivity contribution in [2.75, 3.05) is 5.32 Å². The first kappa shape index (κ1) is 17.7. The number of rotatable bonds is 5. The smallest absolute Gasteiger partial charge is 0.248 e. The maximum atomic E-state index is 12.1. The van der Waals surface area contributed by atoms with Crippen LogP contribution in [0.25, 0.3) is 0 Å². The number of benzene rings is 1. The van der Waals surface area contributed by atoms with Crippen molar-refractivity contribution in [2.45, 2.75) is 20.0 Å². The summed E-state index contributed by atoms with van der Waals surface area (Å²) in [6.07, 6.45) is 3.00. The lowest BCUT2D eigenvalue weighted by molar-refractivity contribution is -0.117. The molecule has 1 N–H and O–H groups in total. The van der Waals surface area contributed by atoms with Gasteiger partial charge in [0.05, 0.1) is 23.5 Å². The van der Waals surface area contributed by atoms with Crippen LogP contribution in [-0.2, 0) is 17.9 Å². The summed E-state index contributed by atoms with van der Waals surface area (Å²) >= 11 is 17.9. The molecule has 0 radical (unpaired) electrons. The second-order valence-electron chi connectivity index (χ2n) is 5.29. The Balaban J connectivity index is 1.63. The Kier molecular flexibility index (Phi) is 5.27. The summed E-state index contributed by atoms with van der Waals surface area (Å²) in [6.45, 7) is 2.22. The van der Waals surface area contributed by atoms with Crippen LogP contribution in [0, 0.1) is 6.92 Å². The molecule has 0 aliphatic heterocycles. The van der Waals surface area contributed by atoms with E-state index in [9.17, 15) is 4.79 Å². The summed E-state index contributed by atoms with van der Waals surface area (Å²) in [4.78, 5) is 16.1. The van der Waals surface area contributed by atoms with E-state index in [1.54, 1.807) is 23.7 Å². The summed E-state index contributed by atoms with van der Waals surface area (Å²) in [7, 11) is 0. The third kappa shape index (κ3) is 4.31. The van der Waals surface area contributed by atoms with Gasteiger partial charge in [0.1, 0.15) is 12.9 Å². The zero-order valence-electron chi connectivity index (χ0n) is 13.1. The van der Waals surface area contributed by atoms with Gasteiger partial charge in [-0.1, -0.05) is 40.9 Å². The molecule has 0 unspecified atom stereocenters. The van der Waals surface area contributed by atoms with Gasteiger partial charge in [-0.3, -0.25) is 14.8 Å². The first-order chi connectivity index (χ1) is 11.9. The van der Waals surface area contributed by atoms with Crippen molar-refractivity contribution in [3.05, 3.63) is 57.0 Å². The Morgan fingerprint density at radius 2 is 2.04 bits per heavy atom. The molecule has 7 nitrogen and oxygen atoms in total. The lowest BCUT2D eigenvalue weighted by atomic mass is 10.2. The first-order valence-electron chi connectivity index (χ1n) is 7.23. The number of nitrogens with zero attached hydrogens (tertiary/aromatic N) is 5. The van der Waals surface area contributed by atoms with Crippen molar-refractivity contribution in [1.29, 1.82) is 0 Å². The fourth-order valence-electron chi connectivity index (χ4n) is 2.14. The molecule has 0 saturated heterocycles. The van der Waals surface area contributed by atoms with E-state index in [-0.39, 0.29) is 18.4 Å². The Morgan fingerprint density at radius 1 is 1.24 bits per heavy atom. The Labute approximate surface area is 158 Å². The Morgan fingerprint density at radius 3 is 2.72 bits per heavy atom. The van der Waals surface area contributed by atoms with Gasteiger partial charge in [-0.25, -0.2) is 9.67 Å². The molecule has 2 aromatic heterocycles. The fraction of sp³-hybridized carbons (Fsp3) is 0.200. The average Bonchev–Trinajstić information content (AvgIpc) is 3.11. The zero-order chi connectivity index (χ0) is 18.0. The van der Waals surface area contributed by atoms with E-state index in [1.807, 2.05) is 6.07 Å². The van der Waals surface area contributed by atoms with Gasteiger partial charge in [0.15, 0.2) is 0 Å². The molecule has 3 aromatic rings. The number of halogens is 3. The molecular weight excluding hydrogens is 387 g/mol. The largest absolute Gasteiger partial charge is 0.292 e. The van der Waals surface area contributed by atoms with Crippen molar-refractivity contribution in [3.8, 4) is 0 Å². The minimum atomic E-state index is -0.301. The number of carbonyl (C=O) groups excluding carboxylic acids is 1. The molecular formula is C15H13Cl3N6O. The highest BCUT2D eigenvalue weighted by molar-refractivity contribution is 6.35. The predicted molar refractivity (Wildman–Crippen MR) is 96.2 cm³/mol. The number of hydrogen-bond donors (Lipinski definition) is 1. The molecule has 25 heavy (non-hydrogen) atoms. The molecule has 0 fully saturated rings. The second kappa shape index (κ2) is 7.43. The van der Waals surface area contributed by atoms with Gasteiger partial charge in [-0.2, -0.15) is 5.10 Å². The minimum Gasteiger partial charge on any atom is -0.292 e. The molecule has 2 heterocycles. The molecule has 10 heteroatoms.